The summed E-state index contributed by atoms with van der Waals surface area (Å²) in [5.74, 6) is 0. The molecule has 16 heavy (non-hydrogen) atoms. The van der Waals surface area contributed by atoms with Gasteiger partial charge in [0.1, 0.15) is 5.40 Å². The highest BCUT2D eigenvalue weighted by Gasteiger charge is 2.52. The van der Waals surface area contributed by atoms with Crippen LogP contribution in [-0.4, -0.2) is 14.7 Å². The smallest absolute Gasteiger partial charge is 0.206 e. The number of alkyl halides is 7. The van der Waals surface area contributed by atoms with Crippen LogP contribution < -0.4 is 0 Å². The zero-order valence-electron chi connectivity index (χ0n) is 6.73. The maximum absolute atomic E-state index is 13.2. The van der Waals surface area contributed by atoms with Gasteiger partial charge in [0.05, 0.1) is 0 Å². The first-order valence-electron chi connectivity index (χ1n) is 2.94. The molecule has 0 aliphatic rings. The monoisotopic (exact) mass is 323 g/mol. The fourth-order valence-electron chi connectivity index (χ4n) is 0.400. The molecule has 0 aromatic rings. The summed E-state index contributed by atoms with van der Waals surface area (Å²) in [7, 11) is -0.546. The SMILES string of the molecule is N#CSSC(F)(SC(F)(F)F)SC(F)(F)F. The fraction of sp³-hybridized carbons (Fsp3) is 0.750. The molecule has 0 fully saturated rings. The minimum Gasteiger partial charge on any atom is -0.206 e. The van der Waals surface area contributed by atoms with E-state index in [2.05, 4.69) is 0 Å². The summed E-state index contributed by atoms with van der Waals surface area (Å²) >= 11 is -2.92. The molecular weight excluding hydrogens is 323 g/mol. The Hall–Kier alpha value is 0.400. The largest absolute Gasteiger partial charge is 0.446 e. The zero-order valence-corrected chi connectivity index (χ0v) is 9.99. The molecule has 0 unspecified atom stereocenters. The Morgan fingerprint density at radius 1 is 0.812 bits per heavy atom. The molecule has 0 saturated heterocycles. The fourth-order valence-corrected chi connectivity index (χ4v) is 4.30. The topological polar surface area (TPSA) is 23.8 Å². The molecule has 0 saturated carbocycles. The van der Waals surface area contributed by atoms with Crippen LogP contribution in [0.5, 0.6) is 0 Å². The van der Waals surface area contributed by atoms with Gasteiger partial charge in [0.2, 0.25) is 0 Å². The van der Waals surface area contributed by atoms with Gasteiger partial charge in [-0.15, -0.1) is 0 Å². The Kier molecular flexibility index (Phi) is 5.98. The van der Waals surface area contributed by atoms with Crippen molar-refractivity contribution in [3.8, 4) is 5.40 Å². The Labute approximate surface area is 101 Å². The maximum Gasteiger partial charge on any atom is 0.446 e. The predicted molar refractivity (Wildman–Crippen MR) is 51.9 cm³/mol. The van der Waals surface area contributed by atoms with Gasteiger partial charge < -0.3 is 0 Å². The van der Waals surface area contributed by atoms with Crippen LogP contribution in [0.3, 0.4) is 0 Å². The van der Waals surface area contributed by atoms with Gasteiger partial charge in [-0.1, -0.05) is 0 Å². The molecule has 0 heterocycles. The third-order valence-electron chi connectivity index (χ3n) is 0.654. The maximum atomic E-state index is 13.2. The van der Waals surface area contributed by atoms with Crippen molar-refractivity contribution in [1.29, 1.82) is 5.26 Å². The van der Waals surface area contributed by atoms with Gasteiger partial charge in [0.15, 0.2) is 0 Å². The average molecular weight is 323 g/mol. The molecule has 0 N–H and O–H groups in total. The standard InChI is InChI=1S/C4F7NS4/c5-2(6,7)14-4(11,16-13-1-12)15-3(8,9)10. The summed E-state index contributed by atoms with van der Waals surface area (Å²) in [4.78, 5) is 0. The zero-order chi connectivity index (χ0) is 13.0. The van der Waals surface area contributed by atoms with Crippen molar-refractivity contribution >= 4 is 45.1 Å². The lowest BCUT2D eigenvalue weighted by atomic mass is 11.5. The van der Waals surface area contributed by atoms with Crippen LogP contribution in [0, 0.1) is 10.7 Å². The van der Waals surface area contributed by atoms with E-state index in [1.165, 1.54) is 5.40 Å². The molecule has 0 bridgehead atoms. The summed E-state index contributed by atoms with van der Waals surface area (Å²) < 4.78 is 80.2. The van der Waals surface area contributed by atoms with E-state index in [4.69, 9.17) is 5.26 Å². The van der Waals surface area contributed by atoms with Gasteiger partial charge >= 0.3 is 11.0 Å². The number of thiocyanates is 1. The molecule has 0 spiro atoms. The Morgan fingerprint density at radius 3 is 1.44 bits per heavy atom. The van der Waals surface area contributed by atoms with E-state index < -0.39 is 49.0 Å². The number of thioether (sulfide) groups is 2. The van der Waals surface area contributed by atoms with Crippen molar-refractivity contribution in [2.45, 2.75) is 14.7 Å². The van der Waals surface area contributed by atoms with Gasteiger partial charge in [-0.3, -0.25) is 0 Å². The van der Waals surface area contributed by atoms with Crippen LogP contribution >= 0.6 is 45.1 Å². The van der Waals surface area contributed by atoms with Crippen molar-refractivity contribution in [2.75, 3.05) is 0 Å². The lowest BCUT2D eigenvalue weighted by Crippen LogP contribution is -2.20. The molecule has 0 rings (SSSR count). The van der Waals surface area contributed by atoms with Crippen molar-refractivity contribution in [1.82, 2.24) is 0 Å². The minimum atomic E-state index is -5.17. The highest BCUT2D eigenvalue weighted by molar-refractivity contribution is 8.82. The van der Waals surface area contributed by atoms with Crippen LogP contribution in [0.4, 0.5) is 30.7 Å². The molecule has 0 aliphatic heterocycles. The molecule has 12 heteroatoms. The molecule has 94 valence electrons. The van der Waals surface area contributed by atoms with E-state index in [0.29, 0.717) is 0 Å². The van der Waals surface area contributed by atoms with Crippen molar-refractivity contribution < 1.29 is 30.7 Å². The van der Waals surface area contributed by atoms with E-state index in [1.807, 2.05) is 0 Å². The van der Waals surface area contributed by atoms with Gasteiger partial charge in [0, 0.05) is 34.3 Å². The predicted octanol–water partition coefficient (Wildman–Crippen LogP) is 4.94. The highest BCUT2D eigenvalue weighted by Crippen LogP contribution is 2.61. The second kappa shape index (κ2) is 5.83. The van der Waals surface area contributed by atoms with Crippen LogP contribution in [0.15, 0.2) is 0 Å². The summed E-state index contributed by atoms with van der Waals surface area (Å²) in [6.07, 6.45) is 0. The number of hydrogen-bond donors (Lipinski definition) is 0. The molecule has 0 radical (unpaired) electrons. The Morgan fingerprint density at radius 2 is 1.19 bits per heavy atom. The van der Waals surface area contributed by atoms with Crippen molar-refractivity contribution in [2.24, 2.45) is 0 Å². The van der Waals surface area contributed by atoms with E-state index in [-0.39, 0.29) is 10.8 Å². The van der Waals surface area contributed by atoms with E-state index in [0.717, 1.165) is 0 Å². The third kappa shape index (κ3) is 8.54. The second-order valence-corrected chi connectivity index (χ2v) is 7.15. The van der Waals surface area contributed by atoms with Gasteiger partial charge in [-0.05, 0) is 10.8 Å². The first-order valence-corrected chi connectivity index (χ1v) is 6.72. The minimum absolute atomic E-state index is 0.0980. The normalized spacial score (nSPS) is 13.6. The van der Waals surface area contributed by atoms with E-state index in [1.54, 1.807) is 0 Å². The number of hydrogen-bond acceptors (Lipinski definition) is 5. The average Bonchev–Trinajstić information content (AvgIpc) is 1.93. The van der Waals surface area contributed by atoms with Gasteiger partial charge in [0.25, 0.3) is 3.66 Å². The lowest BCUT2D eigenvalue weighted by molar-refractivity contribution is -0.0363. The number of nitrogens with zero attached hydrogens (tertiary/aromatic N) is 1. The van der Waals surface area contributed by atoms with Crippen LogP contribution in [0.1, 0.15) is 0 Å². The summed E-state index contributed by atoms with van der Waals surface area (Å²) in [5, 5.41) is 9.14. The highest BCUT2D eigenvalue weighted by atomic mass is 33.1. The molecule has 0 aromatic carbocycles. The first kappa shape index (κ1) is 16.4. The van der Waals surface area contributed by atoms with E-state index >= 15 is 0 Å². The van der Waals surface area contributed by atoms with Crippen LogP contribution in [-0.2, 0) is 0 Å². The molecule has 0 amide bonds. The van der Waals surface area contributed by atoms with Gasteiger partial charge in [-0.25, -0.2) is 4.39 Å². The Bertz CT molecular complexity index is 251. The molecule has 0 aliphatic carbocycles. The number of halogens is 7. The lowest BCUT2D eigenvalue weighted by Gasteiger charge is -2.23. The molecular formula is C4F7NS4. The van der Waals surface area contributed by atoms with Crippen molar-refractivity contribution in [3.63, 3.8) is 0 Å². The Balaban J connectivity index is 4.69. The van der Waals surface area contributed by atoms with Crippen LogP contribution in [0.2, 0.25) is 0 Å². The number of rotatable bonds is 4. The van der Waals surface area contributed by atoms with Gasteiger partial charge in [-0.2, -0.15) is 31.6 Å². The quantitative estimate of drug-likeness (QED) is 0.316. The summed E-state index contributed by atoms with van der Waals surface area (Å²) in [6, 6.07) is 0. The molecule has 0 aromatic heterocycles. The first-order chi connectivity index (χ1) is 6.97. The van der Waals surface area contributed by atoms with Crippen LogP contribution in [0.25, 0.3) is 0 Å². The summed E-state index contributed by atoms with van der Waals surface area (Å²) in [5.41, 5.74) is -10.3. The summed E-state index contributed by atoms with van der Waals surface area (Å²) in [6.45, 7) is 0. The molecule has 1 nitrogen and oxygen atoms in total. The molecule has 0 atom stereocenters. The number of nitriles is 1. The van der Waals surface area contributed by atoms with Crippen molar-refractivity contribution in [3.05, 3.63) is 0 Å². The second-order valence-electron chi connectivity index (χ2n) is 1.84. The third-order valence-corrected chi connectivity index (χ3v) is 5.26. The van der Waals surface area contributed by atoms with E-state index in [9.17, 15) is 30.7 Å².